The van der Waals surface area contributed by atoms with E-state index >= 15 is 0 Å². The average molecular weight is 438 g/mol. The van der Waals surface area contributed by atoms with Crippen molar-refractivity contribution < 1.29 is 4.79 Å². The zero-order valence-corrected chi connectivity index (χ0v) is 17.5. The Morgan fingerprint density at radius 3 is 2.35 bits per heavy atom. The second kappa shape index (κ2) is 11.9. The standard InChI is InChI=1S/C17H34N4O.HI/c1-5-10-19-15(22)7-11-20-16(18-4)21-13-17(8-6-9-17)12-14(2)3;/h14H,5-13H2,1-4H3,(H,19,22)(H2,18,20,21);1H. The van der Waals surface area contributed by atoms with Gasteiger partial charge in [0.2, 0.25) is 5.91 Å². The molecule has 0 radical (unpaired) electrons. The Bertz CT molecular complexity index is 368. The van der Waals surface area contributed by atoms with E-state index in [0.29, 0.717) is 18.4 Å². The van der Waals surface area contributed by atoms with Crippen LogP contribution < -0.4 is 16.0 Å². The first kappa shape index (κ1) is 22.5. The Kier molecular flexibility index (Phi) is 11.6. The monoisotopic (exact) mass is 438 g/mol. The number of guanidine groups is 1. The molecule has 6 heteroatoms. The molecular formula is C17H35IN4O. The van der Waals surface area contributed by atoms with Gasteiger partial charge in [0, 0.05) is 33.1 Å². The van der Waals surface area contributed by atoms with Gasteiger partial charge in [-0.15, -0.1) is 24.0 Å². The van der Waals surface area contributed by atoms with Gasteiger partial charge >= 0.3 is 0 Å². The minimum atomic E-state index is 0. The van der Waals surface area contributed by atoms with Gasteiger partial charge in [-0.05, 0) is 37.0 Å². The van der Waals surface area contributed by atoms with E-state index in [-0.39, 0.29) is 29.9 Å². The normalized spacial score (nSPS) is 16.3. The number of aliphatic imine (C=N–C) groups is 1. The van der Waals surface area contributed by atoms with Crippen LogP contribution in [-0.4, -0.2) is 38.5 Å². The van der Waals surface area contributed by atoms with Crippen LogP contribution in [0.1, 0.15) is 59.3 Å². The van der Waals surface area contributed by atoms with E-state index in [4.69, 9.17) is 0 Å². The Morgan fingerprint density at radius 2 is 1.87 bits per heavy atom. The summed E-state index contributed by atoms with van der Waals surface area (Å²) < 4.78 is 0. The summed E-state index contributed by atoms with van der Waals surface area (Å²) in [4.78, 5) is 15.8. The fourth-order valence-electron chi connectivity index (χ4n) is 3.13. The van der Waals surface area contributed by atoms with Gasteiger partial charge in [0.05, 0.1) is 0 Å². The first-order valence-corrected chi connectivity index (χ1v) is 8.72. The van der Waals surface area contributed by atoms with Crippen molar-refractivity contribution in [3.63, 3.8) is 0 Å². The van der Waals surface area contributed by atoms with E-state index in [1.165, 1.54) is 25.7 Å². The lowest BCUT2D eigenvalue weighted by atomic mass is 9.64. The molecule has 0 spiro atoms. The van der Waals surface area contributed by atoms with E-state index in [0.717, 1.165) is 31.4 Å². The van der Waals surface area contributed by atoms with E-state index in [9.17, 15) is 4.79 Å². The minimum absolute atomic E-state index is 0. The molecule has 1 fully saturated rings. The third kappa shape index (κ3) is 8.77. The van der Waals surface area contributed by atoms with Gasteiger partial charge in [0.25, 0.3) is 0 Å². The molecule has 136 valence electrons. The molecule has 0 bridgehead atoms. The van der Waals surface area contributed by atoms with Crippen LogP contribution in [0.3, 0.4) is 0 Å². The molecule has 0 aliphatic heterocycles. The molecule has 5 nitrogen and oxygen atoms in total. The number of nitrogens with one attached hydrogen (secondary N) is 3. The molecule has 0 aromatic heterocycles. The molecule has 1 rings (SSSR count). The maximum atomic E-state index is 11.6. The van der Waals surface area contributed by atoms with Gasteiger partial charge in [-0.25, -0.2) is 0 Å². The van der Waals surface area contributed by atoms with Crippen LogP contribution in [0.5, 0.6) is 0 Å². The van der Waals surface area contributed by atoms with Crippen molar-refractivity contribution in [3.8, 4) is 0 Å². The molecule has 1 aliphatic rings. The van der Waals surface area contributed by atoms with E-state index < -0.39 is 0 Å². The zero-order chi connectivity index (χ0) is 16.4. The predicted molar refractivity (Wildman–Crippen MR) is 108 cm³/mol. The highest BCUT2D eigenvalue weighted by molar-refractivity contribution is 14.0. The largest absolute Gasteiger partial charge is 0.356 e. The number of rotatable bonds is 9. The Labute approximate surface area is 158 Å². The number of halogens is 1. The predicted octanol–water partition coefficient (Wildman–Crippen LogP) is 2.90. The van der Waals surface area contributed by atoms with Crippen LogP contribution in [0.15, 0.2) is 4.99 Å². The van der Waals surface area contributed by atoms with Gasteiger partial charge < -0.3 is 16.0 Å². The third-order valence-corrected chi connectivity index (χ3v) is 4.33. The van der Waals surface area contributed by atoms with Crippen LogP contribution in [0.4, 0.5) is 0 Å². The fraction of sp³-hybridized carbons (Fsp3) is 0.882. The maximum Gasteiger partial charge on any atom is 0.221 e. The highest BCUT2D eigenvalue weighted by Crippen LogP contribution is 2.45. The SMILES string of the molecule is CCCNC(=O)CCNC(=NC)NCC1(CC(C)C)CCC1.I. The van der Waals surface area contributed by atoms with Crippen molar-refractivity contribution in [2.75, 3.05) is 26.7 Å². The lowest BCUT2D eigenvalue weighted by Crippen LogP contribution is -2.47. The summed E-state index contributed by atoms with van der Waals surface area (Å²) in [5, 5.41) is 9.55. The quantitative estimate of drug-likeness (QED) is 0.295. The summed E-state index contributed by atoms with van der Waals surface area (Å²) in [6.45, 7) is 8.99. The van der Waals surface area contributed by atoms with Crippen LogP contribution in [0.2, 0.25) is 0 Å². The van der Waals surface area contributed by atoms with Gasteiger partial charge in [0.15, 0.2) is 5.96 Å². The summed E-state index contributed by atoms with van der Waals surface area (Å²) >= 11 is 0. The lowest BCUT2D eigenvalue weighted by molar-refractivity contribution is -0.120. The van der Waals surface area contributed by atoms with Crippen molar-refractivity contribution in [2.45, 2.75) is 59.3 Å². The summed E-state index contributed by atoms with van der Waals surface area (Å²) in [6, 6.07) is 0. The molecule has 0 atom stereocenters. The van der Waals surface area contributed by atoms with Crippen molar-refractivity contribution in [1.82, 2.24) is 16.0 Å². The summed E-state index contributed by atoms with van der Waals surface area (Å²) in [5.41, 5.74) is 0.449. The maximum absolute atomic E-state index is 11.6. The Balaban J connectivity index is 0.00000484. The van der Waals surface area contributed by atoms with Gasteiger partial charge in [-0.2, -0.15) is 0 Å². The zero-order valence-electron chi connectivity index (χ0n) is 15.2. The van der Waals surface area contributed by atoms with Crippen LogP contribution in [-0.2, 0) is 4.79 Å². The third-order valence-electron chi connectivity index (χ3n) is 4.33. The number of hydrogen-bond donors (Lipinski definition) is 3. The van der Waals surface area contributed by atoms with Crippen molar-refractivity contribution >= 4 is 35.8 Å². The smallest absolute Gasteiger partial charge is 0.221 e. The molecule has 1 amide bonds. The number of carbonyl (C=O) groups excluding carboxylic acids is 1. The summed E-state index contributed by atoms with van der Waals surface area (Å²) in [7, 11) is 1.78. The van der Waals surface area contributed by atoms with Crippen LogP contribution >= 0.6 is 24.0 Å². The number of nitrogens with zero attached hydrogens (tertiary/aromatic N) is 1. The van der Waals surface area contributed by atoms with E-state index in [1.807, 2.05) is 0 Å². The molecular weight excluding hydrogens is 403 g/mol. The average Bonchev–Trinajstić information content (AvgIpc) is 2.45. The first-order valence-electron chi connectivity index (χ1n) is 8.72. The second-order valence-electron chi connectivity index (χ2n) is 6.90. The van der Waals surface area contributed by atoms with Crippen molar-refractivity contribution in [2.24, 2.45) is 16.3 Å². The Hall–Kier alpha value is -0.530. The topological polar surface area (TPSA) is 65.5 Å². The van der Waals surface area contributed by atoms with Gasteiger partial charge in [0.1, 0.15) is 0 Å². The van der Waals surface area contributed by atoms with E-state index in [1.54, 1.807) is 7.05 Å². The van der Waals surface area contributed by atoms with E-state index in [2.05, 4.69) is 41.7 Å². The highest BCUT2D eigenvalue weighted by Gasteiger charge is 2.37. The second-order valence-corrected chi connectivity index (χ2v) is 6.90. The number of hydrogen-bond acceptors (Lipinski definition) is 2. The highest BCUT2D eigenvalue weighted by atomic mass is 127. The molecule has 0 heterocycles. The van der Waals surface area contributed by atoms with Crippen molar-refractivity contribution in [1.29, 1.82) is 0 Å². The van der Waals surface area contributed by atoms with Crippen LogP contribution in [0.25, 0.3) is 0 Å². The molecule has 0 aromatic rings. The molecule has 0 saturated heterocycles. The molecule has 0 unspecified atom stereocenters. The summed E-state index contributed by atoms with van der Waals surface area (Å²) in [5.74, 6) is 1.64. The number of amides is 1. The molecule has 1 aliphatic carbocycles. The molecule has 23 heavy (non-hydrogen) atoms. The van der Waals surface area contributed by atoms with Gasteiger partial charge in [-0.1, -0.05) is 27.2 Å². The first-order chi connectivity index (χ1) is 10.5. The molecule has 3 N–H and O–H groups in total. The summed E-state index contributed by atoms with van der Waals surface area (Å²) in [6.07, 6.45) is 6.70. The van der Waals surface area contributed by atoms with Gasteiger partial charge in [-0.3, -0.25) is 9.79 Å². The molecule has 0 aromatic carbocycles. The lowest BCUT2D eigenvalue weighted by Gasteiger charge is -2.43. The van der Waals surface area contributed by atoms with Crippen LogP contribution in [0, 0.1) is 11.3 Å². The van der Waals surface area contributed by atoms with Crippen molar-refractivity contribution in [3.05, 3.63) is 0 Å². The Morgan fingerprint density at radius 1 is 1.17 bits per heavy atom. The number of carbonyl (C=O) groups is 1. The fourth-order valence-corrected chi connectivity index (χ4v) is 3.13. The molecule has 1 saturated carbocycles. The minimum Gasteiger partial charge on any atom is -0.356 e.